The van der Waals surface area contributed by atoms with Gasteiger partial charge < -0.3 is 15.8 Å². The number of ether oxygens (including phenoxy) is 1. The monoisotopic (exact) mass is 390 g/mol. The molecule has 1 heterocycles. The maximum absolute atomic E-state index is 12.3. The highest BCUT2D eigenvalue weighted by molar-refractivity contribution is 6.02. The number of rotatable bonds is 7. The lowest BCUT2D eigenvalue weighted by Gasteiger charge is -2.07. The number of carbonyl (C=O) groups is 2. The minimum Gasteiger partial charge on any atom is -0.484 e. The predicted octanol–water partition coefficient (Wildman–Crippen LogP) is 3.01. The molecular formula is C22H22N4O3. The average Bonchev–Trinajstić information content (AvgIpc) is 2.99. The van der Waals surface area contributed by atoms with Crippen LogP contribution in [0.2, 0.25) is 0 Å². The van der Waals surface area contributed by atoms with Crippen molar-refractivity contribution in [2.75, 3.05) is 11.9 Å². The van der Waals surface area contributed by atoms with Gasteiger partial charge >= 0.3 is 0 Å². The normalized spacial score (nSPS) is 10.8. The van der Waals surface area contributed by atoms with Gasteiger partial charge in [-0.15, -0.1) is 0 Å². The number of benzene rings is 2. The van der Waals surface area contributed by atoms with E-state index in [1.54, 1.807) is 30.3 Å². The Morgan fingerprint density at radius 3 is 2.62 bits per heavy atom. The summed E-state index contributed by atoms with van der Waals surface area (Å²) < 4.78 is 7.09. The molecule has 7 heteroatoms. The zero-order valence-electron chi connectivity index (χ0n) is 16.3. The number of anilines is 1. The van der Waals surface area contributed by atoms with Crippen molar-refractivity contribution in [1.82, 2.24) is 9.78 Å². The summed E-state index contributed by atoms with van der Waals surface area (Å²) in [7, 11) is 0. The minimum absolute atomic E-state index is 0.221. The van der Waals surface area contributed by atoms with E-state index >= 15 is 0 Å². The van der Waals surface area contributed by atoms with Crippen molar-refractivity contribution in [2.24, 2.45) is 5.73 Å². The molecule has 0 radical (unpaired) electrons. The highest BCUT2D eigenvalue weighted by Gasteiger charge is 2.11. The van der Waals surface area contributed by atoms with Gasteiger partial charge in [0.15, 0.2) is 6.61 Å². The third-order valence-electron chi connectivity index (χ3n) is 4.23. The summed E-state index contributed by atoms with van der Waals surface area (Å²) in [6.45, 7) is 3.65. The van der Waals surface area contributed by atoms with Crippen LogP contribution < -0.4 is 15.8 Å². The molecule has 0 aliphatic heterocycles. The topological polar surface area (TPSA) is 99.2 Å². The van der Waals surface area contributed by atoms with Crippen molar-refractivity contribution in [2.45, 2.75) is 13.8 Å². The molecule has 0 aliphatic carbocycles. The first-order valence-corrected chi connectivity index (χ1v) is 9.06. The lowest BCUT2D eigenvalue weighted by Crippen LogP contribution is -2.20. The van der Waals surface area contributed by atoms with Crippen LogP contribution >= 0.6 is 0 Å². The lowest BCUT2D eigenvalue weighted by molar-refractivity contribution is -0.120. The second kappa shape index (κ2) is 8.88. The number of para-hydroxylation sites is 1. The summed E-state index contributed by atoms with van der Waals surface area (Å²) in [6.07, 6.45) is 3.21. The number of hydrogen-bond acceptors (Lipinski definition) is 4. The highest BCUT2D eigenvalue weighted by atomic mass is 16.5. The zero-order valence-corrected chi connectivity index (χ0v) is 16.3. The quantitative estimate of drug-likeness (QED) is 0.606. The van der Waals surface area contributed by atoms with Gasteiger partial charge in [-0.05, 0) is 44.2 Å². The largest absolute Gasteiger partial charge is 0.484 e. The van der Waals surface area contributed by atoms with E-state index in [1.807, 2.05) is 48.9 Å². The van der Waals surface area contributed by atoms with Gasteiger partial charge in [0, 0.05) is 29.1 Å². The van der Waals surface area contributed by atoms with E-state index in [0.717, 1.165) is 22.6 Å². The van der Waals surface area contributed by atoms with E-state index in [0.29, 0.717) is 11.4 Å². The van der Waals surface area contributed by atoms with E-state index < -0.39 is 5.91 Å². The molecule has 7 nitrogen and oxygen atoms in total. The van der Waals surface area contributed by atoms with Gasteiger partial charge in [-0.2, -0.15) is 5.10 Å². The van der Waals surface area contributed by atoms with Crippen molar-refractivity contribution in [3.05, 3.63) is 77.6 Å². The SMILES string of the molecule is Cc1nn(-c2ccccc2)c(C)c1/C=C/C(=O)Nc1cccc(OCC(N)=O)c1. The molecule has 1 aromatic heterocycles. The van der Waals surface area contributed by atoms with Crippen molar-refractivity contribution < 1.29 is 14.3 Å². The number of nitrogens with one attached hydrogen (secondary N) is 1. The Hall–Kier alpha value is -3.87. The van der Waals surface area contributed by atoms with Crippen molar-refractivity contribution >= 4 is 23.6 Å². The van der Waals surface area contributed by atoms with Gasteiger partial charge in [0.05, 0.1) is 11.4 Å². The first kappa shape index (κ1) is 19.9. The fourth-order valence-electron chi connectivity index (χ4n) is 2.88. The summed E-state index contributed by atoms with van der Waals surface area (Å²) in [4.78, 5) is 23.1. The smallest absolute Gasteiger partial charge is 0.255 e. The Morgan fingerprint density at radius 1 is 1.14 bits per heavy atom. The van der Waals surface area contributed by atoms with Gasteiger partial charge in [0.2, 0.25) is 5.91 Å². The van der Waals surface area contributed by atoms with Crippen molar-refractivity contribution in [3.63, 3.8) is 0 Å². The van der Waals surface area contributed by atoms with Gasteiger partial charge in [-0.3, -0.25) is 9.59 Å². The molecule has 0 saturated heterocycles. The number of carbonyl (C=O) groups excluding carboxylic acids is 2. The molecule has 29 heavy (non-hydrogen) atoms. The van der Waals surface area contributed by atoms with Crippen LogP contribution in [0.3, 0.4) is 0 Å². The fourth-order valence-corrected chi connectivity index (χ4v) is 2.88. The molecule has 0 aliphatic rings. The third-order valence-corrected chi connectivity index (χ3v) is 4.23. The first-order chi connectivity index (χ1) is 13.9. The Morgan fingerprint density at radius 2 is 1.90 bits per heavy atom. The van der Waals surface area contributed by atoms with Crippen LogP contribution in [-0.2, 0) is 9.59 Å². The molecule has 148 valence electrons. The standard InChI is InChI=1S/C22H22N4O3/c1-15-20(16(2)26(25-15)18-8-4-3-5-9-18)11-12-22(28)24-17-7-6-10-19(13-17)29-14-21(23)27/h3-13H,14H2,1-2H3,(H2,23,27)(H,24,28)/b12-11+. The van der Waals surface area contributed by atoms with Crippen LogP contribution in [-0.4, -0.2) is 28.2 Å². The maximum Gasteiger partial charge on any atom is 0.255 e. The van der Waals surface area contributed by atoms with Gasteiger partial charge in [-0.1, -0.05) is 24.3 Å². The summed E-state index contributed by atoms with van der Waals surface area (Å²) in [5.41, 5.74) is 9.25. The number of hydrogen-bond donors (Lipinski definition) is 2. The van der Waals surface area contributed by atoms with Crippen LogP contribution in [0.25, 0.3) is 11.8 Å². The van der Waals surface area contributed by atoms with E-state index in [-0.39, 0.29) is 12.5 Å². The summed E-state index contributed by atoms with van der Waals surface area (Å²) in [5.74, 6) is -0.408. The number of aryl methyl sites for hydroxylation is 1. The molecule has 0 spiro atoms. The summed E-state index contributed by atoms with van der Waals surface area (Å²) >= 11 is 0. The molecule has 0 unspecified atom stereocenters. The zero-order chi connectivity index (χ0) is 20.8. The number of nitrogens with two attached hydrogens (primary N) is 1. The van der Waals surface area contributed by atoms with E-state index in [2.05, 4.69) is 10.4 Å². The minimum atomic E-state index is -0.566. The maximum atomic E-state index is 12.3. The fraction of sp³-hybridized carbons (Fsp3) is 0.136. The molecule has 2 amide bonds. The molecule has 2 aromatic carbocycles. The molecule has 0 saturated carbocycles. The molecule has 0 fully saturated rings. The van der Waals surface area contributed by atoms with Gasteiger partial charge in [-0.25, -0.2) is 4.68 Å². The molecular weight excluding hydrogens is 368 g/mol. The molecule has 0 bridgehead atoms. The van der Waals surface area contributed by atoms with E-state index in [4.69, 9.17) is 10.5 Å². The van der Waals surface area contributed by atoms with Gasteiger partial charge in [0.25, 0.3) is 5.91 Å². The second-order valence-electron chi connectivity index (χ2n) is 6.44. The average molecular weight is 390 g/mol. The van der Waals surface area contributed by atoms with E-state index in [1.165, 1.54) is 6.08 Å². The molecule has 3 aromatic rings. The van der Waals surface area contributed by atoms with Crippen LogP contribution in [0, 0.1) is 13.8 Å². The van der Waals surface area contributed by atoms with Crippen LogP contribution in [0.1, 0.15) is 17.0 Å². The van der Waals surface area contributed by atoms with Crippen LogP contribution in [0.15, 0.2) is 60.7 Å². The molecule has 3 rings (SSSR count). The molecule has 3 N–H and O–H groups in total. The van der Waals surface area contributed by atoms with Crippen LogP contribution in [0.4, 0.5) is 5.69 Å². The van der Waals surface area contributed by atoms with E-state index in [9.17, 15) is 9.59 Å². The summed E-state index contributed by atoms with van der Waals surface area (Å²) in [5, 5.41) is 7.34. The number of primary amides is 1. The Bertz CT molecular complexity index is 1060. The van der Waals surface area contributed by atoms with Crippen molar-refractivity contribution in [3.8, 4) is 11.4 Å². The Kier molecular flexibility index (Phi) is 6.09. The summed E-state index contributed by atoms with van der Waals surface area (Å²) in [6, 6.07) is 16.6. The van der Waals surface area contributed by atoms with Gasteiger partial charge in [0.1, 0.15) is 5.75 Å². The second-order valence-corrected chi connectivity index (χ2v) is 6.44. The lowest BCUT2D eigenvalue weighted by atomic mass is 10.2. The van der Waals surface area contributed by atoms with Crippen molar-refractivity contribution in [1.29, 1.82) is 0 Å². The third kappa shape index (κ3) is 5.10. The Balaban J connectivity index is 1.71. The molecule has 0 atom stereocenters. The first-order valence-electron chi connectivity index (χ1n) is 9.06. The highest BCUT2D eigenvalue weighted by Crippen LogP contribution is 2.20. The van der Waals surface area contributed by atoms with Crippen LogP contribution in [0.5, 0.6) is 5.75 Å². The predicted molar refractivity (Wildman–Crippen MR) is 112 cm³/mol. The Labute approximate surface area is 168 Å². The number of nitrogens with zero attached hydrogens (tertiary/aromatic N) is 2. The number of aromatic nitrogens is 2. The number of amides is 2.